The summed E-state index contributed by atoms with van der Waals surface area (Å²) in [6.07, 6.45) is 0. The number of nitrogens with one attached hydrogen (secondary N) is 2. The van der Waals surface area contributed by atoms with Gasteiger partial charge in [-0.2, -0.15) is 0 Å². The van der Waals surface area contributed by atoms with Gasteiger partial charge in [-0.1, -0.05) is 23.7 Å². The maximum Gasteiger partial charge on any atom is 0.259 e. The predicted molar refractivity (Wildman–Crippen MR) is 84.6 cm³/mol. The highest BCUT2D eigenvalue weighted by atomic mass is 35.5. The Labute approximate surface area is 128 Å². The van der Waals surface area contributed by atoms with E-state index in [4.69, 9.17) is 16.3 Å². The van der Waals surface area contributed by atoms with Gasteiger partial charge in [0.25, 0.3) is 5.91 Å². The summed E-state index contributed by atoms with van der Waals surface area (Å²) in [4.78, 5) is 12.5. The van der Waals surface area contributed by atoms with Crippen LogP contribution >= 0.6 is 11.6 Å². The van der Waals surface area contributed by atoms with E-state index in [1.165, 1.54) is 0 Å². The molecule has 21 heavy (non-hydrogen) atoms. The van der Waals surface area contributed by atoms with Crippen molar-refractivity contribution in [2.24, 2.45) is 0 Å². The first kappa shape index (κ1) is 13.8. The molecule has 0 aromatic heterocycles. The molecule has 0 saturated carbocycles. The van der Waals surface area contributed by atoms with Crippen LogP contribution in [0.3, 0.4) is 0 Å². The second-order valence-electron chi connectivity index (χ2n) is 4.82. The van der Waals surface area contributed by atoms with Crippen LogP contribution in [-0.2, 0) is 0 Å². The molecule has 3 rings (SSSR count). The molecular formula is C16H15ClN2O2. The molecule has 0 saturated heterocycles. The highest BCUT2D eigenvalue weighted by molar-refractivity contribution is 6.31. The van der Waals surface area contributed by atoms with E-state index >= 15 is 0 Å². The molecule has 108 valence electrons. The first-order valence-corrected chi connectivity index (χ1v) is 7.11. The maximum absolute atomic E-state index is 12.5. The quantitative estimate of drug-likeness (QED) is 0.889. The molecule has 0 unspecified atom stereocenters. The number of carbonyl (C=O) groups excluding carboxylic acids is 1. The number of anilines is 2. The SMILES string of the molecule is Cc1c(Cl)cccc1NC(=O)c1cccc2c1OCCN2. The lowest BCUT2D eigenvalue weighted by atomic mass is 10.1. The van der Waals surface area contributed by atoms with Crippen molar-refractivity contribution in [1.82, 2.24) is 0 Å². The van der Waals surface area contributed by atoms with E-state index in [0.29, 0.717) is 28.6 Å². The maximum atomic E-state index is 12.5. The summed E-state index contributed by atoms with van der Waals surface area (Å²) in [7, 11) is 0. The minimum atomic E-state index is -0.207. The van der Waals surface area contributed by atoms with Gasteiger partial charge in [-0.05, 0) is 36.8 Å². The molecule has 2 aromatic rings. The van der Waals surface area contributed by atoms with E-state index in [-0.39, 0.29) is 5.91 Å². The average Bonchev–Trinajstić information content (AvgIpc) is 2.51. The van der Waals surface area contributed by atoms with Crippen LogP contribution in [0.1, 0.15) is 15.9 Å². The number of carbonyl (C=O) groups is 1. The zero-order valence-corrected chi connectivity index (χ0v) is 12.3. The highest BCUT2D eigenvalue weighted by Gasteiger charge is 2.19. The van der Waals surface area contributed by atoms with Gasteiger partial charge in [0, 0.05) is 17.3 Å². The molecule has 0 radical (unpaired) electrons. The normalized spacial score (nSPS) is 12.9. The lowest BCUT2D eigenvalue weighted by molar-refractivity contribution is 0.102. The van der Waals surface area contributed by atoms with Crippen LogP contribution < -0.4 is 15.4 Å². The van der Waals surface area contributed by atoms with Crippen LogP contribution in [0.4, 0.5) is 11.4 Å². The Morgan fingerprint density at radius 3 is 2.95 bits per heavy atom. The van der Waals surface area contributed by atoms with E-state index in [1.54, 1.807) is 12.1 Å². The summed E-state index contributed by atoms with van der Waals surface area (Å²) in [5.41, 5.74) is 2.90. The third-order valence-electron chi connectivity index (χ3n) is 3.44. The Bertz CT molecular complexity index is 701. The van der Waals surface area contributed by atoms with Gasteiger partial charge in [0.15, 0.2) is 5.75 Å². The molecule has 0 fully saturated rings. The number of hydrogen-bond acceptors (Lipinski definition) is 3. The second kappa shape index (κ2) is 5.66. The van der Waals surface area contributed by atoms with E-state index in [1.807, 2.05) is 31.2 Å². The number of halogens is 1. The standard InChI is InChI=1S/C16H15ClN2O2/c1-10-12(17)5-3-6-13(10)19-16(20)11-4-2-7-14-15(11)21-9-8-18-14/h2-7,18H,8-9H2,1H3,(H,19,20). The molecule has 0 spiro atoms. The molecule has 5 heteroatoms. The molecule has 1 heterocycles. The van der Waals surface area contributed by atoms with Gasteiger partial charge in [-0.25, -0.2) is 0 Å². The Kier molecular flexibility index (Phi) is 3.71. The first-order chi connectivity index (χ1) is 10.2. The van der Waals surface area contributed by atoms with Crippen molar-refractivity contribution >= 4 is 28.9 Å². The van der Waals surface area contributed by atoms with Gasteiger partial charge in [-0.15, -0.1) is 0 Å². The third-order valence-corrected chi connectivity index (χ3v) is 3.85. The topological polar surface area (TPSA) is 50.4 Å². The van der Waals surface area contributed by atoms with Crippen molar-refractivity contribution in [3.05, 3.63) is 52.5 Å². The summed E-state index contributed by atoms with van der Waals surface area (Å²) in [6.45, 7) is 3.16. The summed E-state index contributed by atoms with van der Waals surface area (Å²) >= 11 is 6.07. The molecule has 1 amide bonds. The number of ether oxygens (including phenoxy) is 1. The molecule has 2 aromatic carbocycles. The van der Waals surface area contributed by atoms with Gasteiger partial charge in [0.2, 0.25) is 0 Å². The summed E-state index contributed by atoms with van der Waals surface area (Å²) in [6, 6.07) is 10.9. The number of amides is 1. The third kappa shape index (κ3) is 2.67. The lowest BCUT2D eigenvalue weighted by Crippen LogP contribution is -2.22. The molecular weight excluding hydrogens is 288 g/mol. The van der Waals surface area contributed by atoms with Crippen LogP contribution in [0.2, 0.25) is 5.02 Å². The monoisotopic (exact) mass is 302 g/mol. The Morgan fingerprint density at radius 1 is 1.29 bits per heavy atom. The largest absolute Gasteiger partial charge is 0.489 e. The van der Waals surface area contributed by atoms with Gasteiger partial charge in [-0.3, -0.25) is 4.79 Å². The van der Waals surface area contributed by atoms with E-state index < -0.39 is 0 Å². The molecule has 0 bridgehead atoms. The smallest absolute Gasteiger partial charge is 0.259 e. The molecule has 1 aliphatic heterocycles. The molecule has 0 aliphatic carbocycles. The summed E-state index contributed by atoms with van der Waals surface area (Å²) in [5.74, 6) is 0.391. The van der Waals surface area contributed by atoms with Crippen LogP contribution in [0.5, 0.6) is 5.75 Å². The van der Waals surface area contributed by atoms with Crippen molar-refractivity contribution in [3.8, 4) is 5.75 Å². The number of fused-ring (bicyclic) bond motifs is 1. The highest BCUT2D eigenvalue weighted by Crippen LogP contribution is 2.32. The Balaban J connectivity index is 1.91. The van der Waals surface area contributed by atoms with Gasteiger partial charge >= 0.3 is 0 Å². The molecule has 0 atom stereocenters. The Hall–Kier alpha value is -2.20. The van der Waals surface area contributed by atoms with Gasteiger partial charge in [0.1, 0.15) is 6.61 Å². The predicted octanol–water partition coefficient (Wildman–Crippen LogP) is 3.71. The minimum Gasteiger partial charge on any atom is -0.489 e. The second-order valence-corrected chi connectivity index (χ2v) is 5.23. The number of hydrogen-bond donors (Lipinski definition) is 2. The van der Waals surface area contributed by atoms with E-state index in [9.17, 15) is 4.79 Å². The summed E-state index contributed by atoms with van der Waals surface area (Å²) in [5, 5.41) is 6.73. The van der Waals surface area contributed by atoms with Gasteiger partial charge < -0.3 is 15.4 Å². The Morgan fingerprint density at radius 2 is 2.10 bits per heavy atom. The van der Waals surface area contributed by atoms with E-state index in [2.05, 4.69) is 10.6 Å². The molecule has 4 nitrogen and oxygen atoms in total. The van der Waals surface area contributed by atoms with Gasteiger partial charge in [0.05, 0.1) is 11.3 Å². The van der Waals surface area contributed by atoms with Crippen LogP contribution in [0.15, 0.2) is 36.4 Å². The molecule has 1 aliphatic rings. The zero-order valence-electron chi connectivity index (χ0n) is 11.6. The lowest BCUT2D eigenvalue weighted by Gasteiger charge is -2.21. The van der Waals surface area contributed by atoms with Crippen LogP contribution in [-0.4, -0.2) is 19.1 Å². The van der Waals surface area contributed by atoms with Crippen molar-refractivity contribution in [2.75, 3.05) is 23.8 Å². The van der Waals surface area contributed by atoms with Crippen molar-refractivity contribution in [2.45, 2.75) is 6.92 Å². The fourth-order valence-corrected chi connectivity index (χ4v) is 2.46. The number of benzene rings is 2. The molecule has 2 N–H and O–H groups in total. The first-order valence-electron chi connectivity index (χ1n) is 6.73. The van der Waals surface area contributed by atoms with Crippen LogP contribution in [0, 0.1) is 6.92 Å². The van der Waals surface area contributed by atoms with Crippen LogP contribution in [0.25, 0.3) is 0 Å². The average molecular weight is 303 g/mol. The minimum absolute atomic E-state index is 0.207. The fraction of sp³-hybridized carbons (Fsp3) is 0.188. The fourth-order valence-electron chi connectivity index (χ4n) is 2.28. The summed E-state index contributed by atoms with van der Waals surface area (Å²) < 4.78 is 5.62. The van der Waals surface area contributed by atoms with Crippen molar-refractivity contribution < 1.29 is 9.53 Å². The van der Waals surface area contributed by atoms with Crippen molar-refractivity contribution in [1.29, 1.82) is 0 Å². The van der Waals surface area contributed by atoms with E-state index in [0.717, 1.165) is 17.8 Å². The number of rotatable bonds is 2. The van der Waals surface area contributed by atoms with Crippen molar-refractivity contribution in [3.63, 3.8) is 0 Å². The number of para-hydroxylation sites is 1. The zero-order chi connectivity index (χ0) is 14.8.